The summed E-state index contributed by atoms with van der Waals surface area (Å²) >= 11 is 0. The number of pyridine rings is 2. The van der Waals surface area contributed by atoms with Crippen molar-refractivity contribution in [1.29, 1.82) is 0 Å². The third-order valence-corrected chi connectivity index (χ3v) is 7.66. The van der Waals surface area contributed by atoms with E-state index in [0.717, 1.165) is 29.4 Å². The van der Waals surface area contributed by atoms with Crippen LogP contribution in [0.5, 0.6) is 0 Å². The number of fused-ring (bicyclic) bond motifs is 1. The van der Waals surface area contributed by atoms with E-state index in [2.05, 4.69) is 10.3 Å². The molecule has 1 amide bonds. The Balaban J connectivity index is 1.37. The molecule has 33 heavy (non-hydrogen) atoms. The van der Waals surface area contributed by atoms with Gasteiger partial charge in [0.25, 0.3) is 11.5 Å². The molecule has 6 rings (SSSR count). The lowest BCUT2D eigenvalue weighted by atomic mass is 9.54. The smallest absolute Gasteiger partial charge is 0.265 e. The van der Waals surface area contributed by atoms with Crippen LogP contribution >= 0.6 is 0 Å². The third kappa shape index (κ3) is 3.64. The highest BCUT2D eigenvalue weighted by Gasteiger charge is 2.48. The largest absolute Gasteiger partial charge is 0.380 e. The Morgan fingerprint density at radius 2 is 1.94 bits per heavy atom. The van der Waals surface area contributed by atoms with Crippen LogP contribution in [0.25, 0.3) is 11.0 Å². The van der Waals surface area contributed by atoms with Crippen molar-refractivity contribution in [3.63, 3.8) is 0 Å². The molecule has 0 unspecified atom stereocenters. The minimum Gasteiger partial charge on any atom is -0.380 e. The molecule has 2 saturated carbocycles. The lowest BCUT2D eigenvalue weighted by Crippen LogP contribution is -2.54. The number of hydrogen-bond donors (Lipinski definition) is 1. The number of nitrogens with one attached hydrogen (secondary N) is 1. The van der Waals surface area contributed by atoms with Gasteiger partial charge in [-0.1, -0.05) is 18.6 Å². The quantitative estimate of drug-likeness (QED) is 0.646. The number of amides is 1. The van der Waals surface area contributed by atoms with Crippen molar-refractivity contribution in [2.24, 2.45) is 5.41 Å². The average molecular weight is 448 g/mol. The summed E-state index contributed by atoms with van der Waals surface area (Å²) in [6.07, 6.45) is 7.56. The van der Waals surface area contributed by atoms with Crippen LogP contribution in [-0.2, 0) is 11.3 Å². The molecule has 2 aromatic heterocycles. The second-order valence-corrected chi connectivity index (χ2v) is 9.92. The van der Waals surface area contributed by atoms with Gasteiger partial charge in [-0.15, -0.1) is 0 Å². The van der Waals surface area contributed by atoms with Gasteiger partial charge in [0, 0.05) is 23.5 Å². The molecule has 7 heteroatoms. The third-order valence-electron chi connectivity index (χ3n) is 7.66. The zero-order chi connectivity index (χ0) is 22.6. The number of benzene rings is 1. The number of ether oxygens (including phenoxy) is 1. The number of carbonyl (C=O) groups excluding carboxylic acids is 1. The fourth-order valence-corrected chi connectivity index (χ4v) is 5.45. The van der Waals surface area contributed by atoms with Crippen LogP contribution in [0.2, 0.25) is 0 Å². The van der Waals surface area contributed by atoms with Crippen molar-refractivity contribution >= 4 is 16.9 Å². The zero-order valence-electron chi connectivity index (χ0n) is 18.4. The highest BCUT2D eigenvalue weighted by atomic mass is 19.1. The Morgan fingerprint density at radius 1 is 1.18 bits per heavy atom. The first-order valence-corrected chi connectivity index (χ1v) is 11.7. The van der Waals surface area contributed by atoms with E-state index in [0.29, 0.717) is 24.3 Å². The van der Waals surface area contributed by atoms with E-state index in [4.69, 9.17) is 4.74 Å². The van der Waals surface area contributed by atoms with E-state index in [-0.39, 0.29) is 41.4 Å². The van der Waals surface area contributed by atoms with Crippen LogP contribution in [0, 0.1) is 11.2 Å². The summed E-state index contributed by atoms with van der Waals surface area (Å²) in [6.45, 7) is 1.51. The van der Waals surface area contributed by atoms with Gasteiger partial charge in [0.15, 0.2) is 0 Å². The van der Waals surface area contributed by atoms with Gasteiger partial charge < -0.3 is 10.1 Å². The number of hydrogen-bond acceptors (Lipinski definition) is 4. The van der Waals surface area contributed by atoms with E-state index in [9.17, 15) is 14.0 Å². The SMILES string of the molecule is O=C(NC1CC2(CCC2)C1)c1cc2cc(C3COC3)cnc2n(Cc2ccc(F)cc2)c1=O. The lowest BCUT2D eigenvalue weighted by molar-refractivity contribution is -0.000653. The van der Waals surface area contributed by atoms with Gasteiger partial charge in [0.2, 0.25) is 0 Å². The molecule has 3 aromatic rings. The van der Waals surface area contributed by atoms with Crippen LogP contribution < -0.4 is 10.9 Å². The van der Waals surface area contributed by atoms with Crippen LogP contribution in [-0.4, -0.2) is 34.7 Å². The molecular formula is C26H26FN3O3. The van der Waals surface area contributed by atoms with E-state index in [1.165, 1.54) is 36.0 Å². The van der Waals surface area contributed by atoms with E-state index < -0.39 is 0 Å². The van der Waals surface area contributed by atoms with Gasteiger partial charge in [-0.2, -0.15) is 0 Å². The highest BCUT2D eigenvalue weighted by molar-refractivity contribution is 5.97. The molecule has 6 nitrogen and oxygen atoms in total. The summed E-state index contributed by atoms with van der Waals surface area (Å²) in [4.78, 5) is 31.2. The monoisotopic (exact) mass is 447 g/mol. The molecule has 0 bridgehead atoms. The van der Waals surface area contributed by atoms with E-state index in [1.54, 1.807) is 24.4 Å². The summed E-state index contributed by atoms with van der Waals surface area (Å²) in [7, 11) is 0. The molecule has 2 aliphatic carbocycles. The summed E-state index contributed by atoms with van der Waals surface area (Å²) < 4.78 is 20.2. The maximum atomic E-state index is 13.4. The number of nitrogens with zero attached hydrogens (tertiary/aromatic N) is 2. The lowest BCUT2D eigenvalue weighted by Gasteiger charge is -2.54. The van der Waals surface area contributed by atoms with Gasteiger partial charge in [-0.25, -0.2) is 9.37 Å². The Kier molecular flexibility index (Phi) is 4.83. The Morgan fingerprint density at radius 3 is 2.58 bits per heavy atom. The summed E-state index contributed by atoms with van der Waals surface area (Å²) in [5.74, 6) is -0.379. The predicted octanol–water partition coefficient (Wildman–Crippen LogP) is 3.76. The predicted molar refractivity (Wildman–Crippen MR) is 122 cm³/mol. The fourth-order valence-electron chi connectivity index (χ4n) is 5.45. The molecule has 3 fully saturated rings. The molecule has 170 valence electrons. The minimum absolute atomic E-state index is 0.128. The topological polar surface area (TPSA) is 73.2 Å². The van der Waals surface area contributed by atoms with E-state index in [1.807, 2.05) is 6.07 Å². The van der Waals surface area contributed by atoms with Gasteiger partial charge in [-0.3, -0.25) is 14.2 Å². The van der Waals surface area contributed by atoms with Crippen molar-refractivity contribution in [2.75, 3.05) is 13.2 Å². The molecule has 1 aromatic carbocycles. The molecule has 3 heterocycles. The van der Waals surface area contributed by atoms with Crippen LogP contribution in [0.4, 0.5) is 4.39 Å². The maximum absolute atomic E-state index is 13.4. The second-order valence-electron chi connectivity index (χ2n) is 9.92. The molecule has 3 aliphatic rings. The Labute approximate surface area is 190 Å². The highest BCUT2D eigenvalue weighted by Crippen LogP contribution is 2.55. The second kappa shape index (κ2) is 7.76. The van der Waals surface area contributed by atoms with Crippen molar-refractivity contribution in [2.45, 2.75) is 50.6 Å². The summed E-state index contributed by atoms with van der Waals surface area (Å²) in [6, 6.07) is 9.83. The van der Waals surface area contributed by atoms with Gasteiger partial charge in [-0.05, 0) is 66.5 Å². The maximum Gasteiger partial charge on any atom is 0.265 e. The van der Waals surface area contributed by atoms with Gasteiger partial charge in [0.05, 0.1) is 19.8 Å². The Bertz CT molecular complexity index is 1280. The first-order chi connectivity index (χ1) is 16.0. The normalized spacial score (nSPS) is 19.7. The molecular weight excluding hydrogens is 421 g/mol. The minimum atomic E-state index is -0.380. The first-order valence-electron chi connectivity index (χ1n) is 11.7. The Hall–Kier alpha value is -3.06. The van der Waals surface area contributed by atoms with Gasteiger partial charge >= 0.3 is 0 Å². The van der Waals surface area contributed by atoms with Crippen LogP contribution in [0.1, 0.15) is 59.5 Å². The molecule has 0 atom stereocenters. The fraction of sp³-hybridized carbons (Fsp3) is 0.423. The molecule has 1 N–H and O–H groups in total. The van der Waals surface area contributed by atoms with Crippen molar-refractivity contribution in [1.82, 2.24) is 14.9 Å². The summed E-state index contributed by atoms with van der Waals surface area (Å²) in [5, 5.41) is 3.82. The number of halogens is 1. The number of rotatable bonds is 5. The average Bonchev–Trinajstić information content (AvgIpc) is 2.71. The van der Waals surface area contributed by atoms with Crippen molar-refractivity contribution < 1.29 is 13.9 Å². The van der Waals surface area contributed by atoms with Crippen LogP contribution in [0.15, 0.2) is 47.4 Å². The number of aromatic nitrogens is 2. The standard InChI is InChI=1S/C26H26FN3O3/c27-20-4-2-16(3-5-20)13-30-23-17(8-18(12-28-23)19-14-33-15-19)9-22(25(30)32)24(31)29-21-10-26(11-21)6-1-7-26/h2-5,8-9,12,19,21H,1,6-7,10-11,13-15H2,(H,29,31). The molecule has 1 aliphatic heterocycles. The first kappa shape index (κ1) is 20.5. The van der Waals surface area contributed by atoms with Crippen molar-refractivity contribution in [3.8, 4) is 0 Å². The van der Waals surface area contributed by atoms with Crippen molar-refractivity contribution in [3.05, 3.63) is 75.5 Å². The number of carbonyl (C=O) groups is 1. The summed E-state index contributed by atoms with van der Waals surface area (Å²) in [5.41, 5.74) is 2.51. The van der Waals surface area contributed by atoms with Gasteiger partial charge in [0.1, 0.15) is 17.0 Å². The molecule has 1 saturated heterocycles. The molecule has 1 spiro atoms. The van der Waals surface area contributed by atoms with Crippen LogP contribution in [0.3, 0.4) is 0 Å². The molecule has 0 radical (unpaired) electrons. The van der Waals surface area contributed by atoms with E-state index >= 15 is 0 Å². The zero-order valence-corrected chi connectivity index (χ0v) is 18.4.